The number of sulfonamides is 1. The average molecular weight is 317 g/mol. The zero-order chi connectivity index (χ0) is 14.0. The molecule has 0 fully saturated rings. The summed E-state index contributed by atoms with van der Waals surface area (Å²) in [5, 5.41) is 2.26. The molecule has 0 radical (unpaired) electrons. The van der Waals surface area contributed by atoms with Crippen molar-refractivity contribution in [1.29, 1.82) is 0 Å². The molecule has 0 aliphatic rings. The lowest BCUT2D eigenvalue weighted by molar-refractivity contribution is 0.600. The van der Waals surface area contributed by atoms with E-state index in [0.717, 1.165) is 0 Å². The number of nitrogens with one attached hydrogen (secondary N) is 1. The highest BCUT2D eigenvalue weighted by Crippen LogP contribution is 2.28. The van der Waals surface area contributed by atoms with Gasteiger partial charge in [0, 0.05) is 16.4 Å². The van der Waals surface area contributed by atoms with Crippen molar-refractivity contribution in [3.05, 3.63) is 45.1 Å². The summed E-state index contributed by atoms with van der Waals surface area (Å²) in [7, 11) is -3.64. The molecule has 0 saturated carbocycles. The SMILES string of the molecule is Cc1csc(CN)c1S(=O)(=O)Nc1cccc(Cl)c1. The maximum absolute atomic E-state index is 12.4. The van der Waals surface area contributed by atoms with E-state index in [-0.39, 0.29) is 11.4 Å². The van der Waals surface area contributed by atoms with Crippen molar-refractivity contribution in [3.8, 4) is 0 Å². The fourth-order valence-electron chi connectivity index (χ4n) is 1.75. The van der Waals surface area contributed by atoms with E-state index >= 15 is 0 Å². The summed E-state index contributed by atoms with van der Waals surface area (Å²) in [6, 6.07) is 6.57. The topological polar surface area (TPSA) is 72.2 Å². The molecular formula is C12H13ClN2O2S2. The second kappa shape index (κ2) is 5.50. The first-order valence-electron chi connectivity index (χ1n) is 5.49. The van der Waals surface area contributed by atoms with Crippen LogP contribution in [0.15, 0.2) is 34.5 Å². The molecule has 19 heavy (non-hydrogen) atoms. The maximum Gasteiger partial charge on any atom is 0.263 e. The minimum atomic E-state index is -3.64. The predicted molar refractivity (Wildman–Crippen MR) is 79.2 cm³/mol. The van der Waals surface area contributed by atoms with Gasteiger partial charge in [0.05, 0.1) is 5.69 Å². The van der Waals surface area contributed by atoms with Gasteiger partial charge in [0.2, 0.25) is 0 Å². The fourth-order valence-corrected chi connectivity index (χ4v) is 4.69. The lowest BCUT2D eigenvalue weighted by Crippen LogP contribution is -2.15. The molecule has 2 aromatic rings. The van der Waals surface area contributed by atoms with Crippen molar-refractivity contribution in [3.63, 3.8) is 0 Å². The van der Waals surface area contributed by atoms with E-state index in [2.05, 4.69) is 4.72 Å². The first-order valence-corrected chi connectivity index (χ1v) is 8.23. The molecule has 2 rings (SSSR count). The molecule has 0 aliphatic carbocycles. The molecule has 0 atom stereocenters. The van der Waals surface area contributed by atoms with E-state index in [1.54, 1.807) is 36.6 Å². The lowest BCUT2D eigenvalue weighted by Gasteiger charge is -2.09. The molecule has 1 aromatic heterocycles. The Morgan fingerprint density at radius 1 is 1.42 bits per heavy atom. The molecule has 0 saturated heterocycles. The largest absolute Gasteiger partial charge is 0.326 e. The molecule has 102 valence electrons. The number of nitrogens with two attached hydrogens (primary N) is 1. The normalized spacial score (nSPS) is 11.5. The third kappa shape index (κ3) is 3.09. The molecule has 1 heterocycles. The monoisotopic (exact) mass is 316 g/mol. The quantitative estimate of drug-likeness (QED) is 0.911. The van der Waals surface area contributed by atoms with E-state index in [1.807, 2.05) is 0 Å². The number of rotatable bonds is 4. The summed E-state index contributed by atoms with van der Waals surface area (Å²) in [4.78, 5) is 0.909. The van der Waals surface area contributed by atoms with Crippen LogP contribution in [0.2, 0.25) is 5.02 Å². The van der Waals surface area contributed by atoms with Gasteiger partial charge in [-0.15, -0.1) is 11.3 Å². The smallest absolute Gasteiger partial charge is 0.263 e. The number of benzene rings is 1. The highest BCUT2D eigenvalue weighted by molar-refractivity contribution is 7.93. The van der Waals surface area contributed by atoms with Gasteiger partial charge >= 0.3 is 0 Å². The molecular weight excluding hydrogens is 304 g/mol. The highest BCUT2D eigenvalue weighted by atomic mass is 35.5. The van der Waals surface area contributed by atoms with E-state index in [9.17, 15) is 8.42 Å². The van der Waals surface area contributed by atoms with Gasteiger partial charge in [-0.25, -0.2) is 8.42 Å². The molecule has 0 amide bonds. The Morgan fingerprint density at radius 2 is 2.16 bits per heavy atom. The number of aryl methyl sites for hydroxylation is 1. The number of hydrogen-bond donors (Lipinski definition) is 2. The van der Waals surface area contributed by atoms with Gasteiger partial charge in [0.15, 0.2) is 0 Å². The van der Waals surface area contributed by atoms with Gasteiger partial charge in [-0.1, -0.05) is 17.7 Å². The van der Waals surface area contributed by atoms with Crippen LogP contribution in [0.3, 0.4) is 0 Å². The summed E-state index contributed by atoms with van der Waals surface area (Å²) in [5.41, 5.74) is 6.70. The molecule has 1 aromatic carbocycles. The Bertz CT molecular complexity index is 696. The summed E-state index contributed by atoms with van der Waals surface area (Å²) in [6.07, 6.45) is 0. The Labute approximate surface area is 121 Å². The highest BCUT2D eigenvalue weighted by Gasteiger charge is 2.22. The van der Waals surface area contributed by atoms with Gasteiger partial charge in [-0.2, -0.15) is 0 Å². The second-order valence-corrected chi connectivity index (χ2v) is 7.01. The Balaban J connectivity index is 2.40. The van der Waals surface area contributed by atoms with Crippen molar-refractivity contribution in [2.75, 3.05) is 4.72 Å². The number of halogens is 1. The molecule has 3 N–H and O–H groups in total. The molecule has 0 unspecified atom stereocenters. The van der Waals surface area contributed by atoms with Crippen LogP contribution in [-0.2, 0) is 16.6 Å². The first kappa shape index (κ1) is 14.3. The Morgan fingerprint density at radius 3 is 2.79 bits per heavy atom. The number of hydrogen-bond acceptors (Lipinski definition) is 4. The fraction of sp³-hybridized carbons (Fsp3) is 0.167. The average Bonchev–Trinajstić information content (AvgIpc) is 2.70. The summed E-state index contributed by atoms with van der Waals surface area (Å²) < 4.78 is 27.3. The van der Waals surface area contributed by atoms with Gasteiger partial charge in [-0.3, -0.25) is 4.72 Å². The second-order valence-electron chi connectivity index (χ2n) is 3.99. The summed E-state index contributed by atoms with van der Waals surface area (Å²) in [6.45, 7) is 1.95. The van der Waals surface area contributed by atoms with Crippen LogP contribution in [0.25, 0.3) is 0 Å². The summed E-state index contributed by atoms with van der Waals surface area (Å²) in [5.74, 6) is 0. The third-order valence-electron chi connectivity index (χ3n) is 2.52. The molecule has 0 aliphatic heterocycles. The zero-order valence-electron chi connectivity index (χ0n) is 10.2. The van der Waals surface area contributed by atoms with Crippen molar-refractivity contribution in [1.82, 2.24) is 0 Å². The van der Waals surface area contributed by atoms with Crippen LogP contribution in [0.4, 0.5) is 5.69 Å². The third-order valence-corrected chi connectivity index (χ3v) is 5.62. The minimum Gasteiger partial charge on any atom is -0.326 e. The molecule has 4 nitrogen and oxygen atoms in total. The first-order chi connectivity index (χ1) is 8.94. The van der Waals surface area contributed by atoms with E-state index in [0.29, 0.717) is 21.2 Å². The predicted octanol–water partition coefficient (Wildman–Crippen LogP) is 2.97. The Hall–Kier alpha value is -1.08. The van der Waals surface area contributed by atoms with Crippen LogP contribution in [0.5, 0.6) is 0 Å². The van der Waals surface area contributed by atoms with Crippen LogP contribution >= 0.6 is 22.9 Å². The van der Waals surface area contributed by atoms with E-state index < -0.39 is 10.0 Å². The van der Waals surface area contributed by atoms with Gasteiger partial charge < -0.3 is 5.73 Å². The molecule has 0 bridgehead atoms. The van der Waals surface area contributed by atoms with E-state index in [4.69, 9.17) is 17.3 Å². The van der Waals surface area contributed by atoms with Crippen molar-refractivity contribution >= 4 is 38.6 Å². The van der Waals surface area contributed by atoms with Crippen LogP contribution in [0, 0.1) is 6.92 Å². The summed E-state index contributed by atoms with van der Waals surface area (Å²) >= 11 is 7.18. The minimum absolute atomic E-state index is 0.199. The molecule has 7 heteroatoms. The number of thiophene rings is 1. The van der Waals surface area contributed by atoms with Gasteiger partial charge in [0.25, 0.3) is 10.0 Å². The van der Waals surface area contributed by atoms with Crippen molar-refractivity contribution < 1.29 is 8.42 Å². The lowest BCUT2D eigenvalue weighted by atomic mass is 10.3. The van der Waals surface area contributed by atoms with Gasteiger partial charge in [0.1, 0.15) is 4.90 Å². The standard InChI is InChI=1S/C12H13ClN2O2S2/c1-8-7-18-11(6-14)12(8)19(16,17)15-10-4-2-3-9(13)5-10/h2-5,7,15H,6,14H2,1H3. The molecule has 0 spiro atoms. The Kier molecular flexibility index (Phi) is 4.15. The maximum atomic E-state index is 12.4. The zero-order valence-corrected chi connectivity index (χ0v) is 12.6. The van der Waals surface area contributed by atoms with E-state index in [1.165, 1.54) is 11.3 Å². The van der Waals surface area contributed by atoms with Crippen LogP contribution in [-0.4, -0.2) is 8.42 Å². The number of anilines is 1. The van der Waals surface area contributed by atoms with Crippen molar-refractivity contribution in [2.24, 2.45) is 5.73 Å². The van der Waals surface area contributed by atoms with Crippen LogP contribution in [0.1, 0.15) is 10.4 Å². The van der Waals surface area contributed by atoms with Gasteiger partial charge in [-0.05, 0) is 36.1 Å². The van der Waals surface area contributed by atoms with Crippen LogP contribution < -0.4 is 10.5 Å². The van der Waals surface area contributed by atoms with Crippen molar-refractivity contribution in [2.45, 2.75) is 18.4 Å².